The van der Waals surface area contributed by atoms with Crippen molar-refractivity contribution in [2.75, 3.05) is 0 Å². The summed E-state index contributed by atoms with van der Waals surface area (Å²) in [6.45, 7) is 0. The first-order valence-corrected chi connectivity index (χ1v) is 36.3. The molecule has 2 heteroatoms. The second kappa shape index (κ2) is 27.1. The van der Waals surface area contributed by atoms with Crippen molar-refractivity contribution in [1.29, 1.82) is 0 Å². The van der Waals surface area contributed by atoms with Gasteiger partial charge in [0.1, 0.15) is 22.3 Å². The molecule has 0 saturated heterocycles. The average molecular weight is 1380 g/mol. The van der Waals surface area contributed by atoms with E-state index in [2.05, 4.69) is 255 Å². The molecular formula is C106H68O2. The predicted molar refractivity (Wildman–Crippen MR) is 460 cm³/mol. The molecule has 0 spiro atoms. The third-order valence-electron chi connectivity index (χ3n) is 21.2. The Hall–Kier alpha value is -14.2. The zero-order valence-electron chi connectivity index (χ0n) is 68.3. The number of fused-ring (bicyclic) bond motifs is 13. The Morgan fingerprint density at radius 1 is 0.157 bits per heavy atom. The first-order valence-electron chi connectivity index (χ1n) is 41.3. The zero-order chi connectivity index (χ0) is 80.1. The van der Waals surface area contributed by atoms with Gasteiger partial charge in [0.2, 0.25) is 0 Å². The minimum atomic E-state index is -0.449. The lowest BCUT2D eigenvalue weighted by molar-refractivity contribution is 0.669. The van der Waals surface area contributed by atoms with E-state index in [0.717, 1.165) is 65.6 Å². The lowest BCUT2D eigenvalue weighted by Gasteiger charge is -2.19. The SMILES string of the molecule is [2H]c1c([2H])c([2H])c(-c2ccc3oc4ccc(-c5c6ccccc6c(-c6c([2H])c([2H])c([2H])c([2H])c6[2H])c6ccccc56)cc4c3c2)c([2H])c1[2H].c1ccc(-c2c3ccccc3c(-c3cccc4c3oc3ccccc34)c3ccccc23)cc1.c1ccc(-c2ccc(-c3c4ccccc4c(-c4ccccc4)c4ccccc34)c3ccccc23)cc1. The van der Waals surface area contributed by atoms with Gasteiger partial charge < -0.3 is 8.83 Å². The van der Waals surface area contributed by atoms with Gasteiger partial charge >= 0.3 is 0 Å². The smallest absolute Gasteiger partial charge is 0.143 e. The fraction of sp³-hybridized carbons (Fsp3) is 0. The molecule has 0 unspecified atom stereocenters. The molecule has 0 atom stereocenters. The monoisotopic (exact) mass is 1380 g/mol. The number of furan rings is 2. The summed E-state index contributed by atoms with van der Waals surface area (Å²) in [6.07, 6.45) is 0. The van der Waals surface area contributed by atoms with Crippen LogP contribution in [0.25, 0.3) is 208 Å². The number of hydrogen-bond donors (Lipinski definition) is 0. The van der Waals surface area contributed by atoms with E-state index in [9.17, 15) is 0 Å². The highest BCUT2D eigenvalue weighted by atomic mass is 16.3. The van der Waals surface area contributed by atoms with Crippen LogP contribution >= 0.6 is 0 Å². The Kier molecular flexibility index (Phi) is 13.5. The van der Waals surface area contributed by atoms with Crippen LogP contribution in [0.5, 0.6) is 0 Å². The largest absolute Gasteiger partial charge is 0.456 e. The lowest BCUT2D eigenvalue weighted by atomic mass is 9.84. The normalized spacial score (nSPS) is 12.8. The molecule has 2 aromatic heterocycles. The summed E-state index contributed by atoms with van der Waals surface area (Å²) in [5, 5.41) is 19.6. The van der Waals surface area contributed by atoms with Crippen molar-refractivity contribution in [2.24, 2.45) is 0 Å². The molecule has 0 fully saturated rings. The van der Waals surface area contributed by atoms with Crippen LogP contribution in [0.15, 0.2) is 421 Å². The summed E-state index contributed by atoms with van der Waals surface area (Å²) >= 11 is 0. The van der Waals surface area contributed by atoms with Crippen molar-refractivity contribution < 1.29 is 22.5 Å². The molecule has 20 aromatic carbocycles. The highest BCUT2D eigenvalue weighted by molar-refractivity contribution is 6.27. The Bertz CT molecular complexity index is 7640. The summed E-state index contributed by atoms with van der Waals surface area (Å²) in [6, 6.07) is 118. The van der Waals surface area contributed by atoms with E-state index >= 15 is 0 Å². The minimum absolute atomic E-state index is 0.110. The van der Waals surface area contributed by atoms with Gasteiger partial charge in [-0.2, -0.15) is 0 Å². The quantitative estimate of drug-likeness (QED) is 0.142. The number of rotatable bonds is 8. The van der Waals surface area contributed by atoms with Crippen molar-refractivity contribution in [2.45, 2.75) is 0 Å². The number of hydrogen-bond acceptors (Lipinski definition) is 2. The van der Waals surface area contributed by atoms with Gasteiger partial charge in [0, 0.05) is 32.7 Å². The molecule has 22 rings (SSSR count). The summed E-state index contributed by atoms with van der Waals surface area (Å²) in [7, 11) is 0. The molecule has 0 aliphatic heterocycles. The second-order valence-corrected chi connectivity index (χ2v) is 27.1. The van der Waals surface area contributed by atoms with Crippen molar-refractivity contribution in [3.8, 4) is 89.0 Å². The Morgan fingerprint density at radius 2 is 0.472 bits per heavy atom. The van der Waals surface area contributed by atoms with Gasteiger partial charge in [-0.05, 0) is 184 Å². The maximum atomic E-state index is 8.79. The van der Waals surface area contributed by atoms with Crippen molar-refractivity contribution in [3.05, 3.63) is 412 Å². The summed E-state index contributed by atoms with van der Waals surface area (Å²) in [5.74, 6) is 0. The molecule has 0 N–H and O–H groups in total. The molecule has 0 radical (unpaired) electrons. The van der Waals surface area contributed by atoms with E-state index in [1.54, 1.807) is 18.2 Å². The highest BCUT2D eigenvalue weighted by Crippen LogP contribution is 2.50. The molecule has 0 aliphatic carbocycles. The van der Waals surface area contributed by atoms with Gasteiger partial charge in [0.15, 0.2) is 0 Å². The second-order valence-electron chi connectivity index (χ2n) is 27.1. The zero-order valence-corrected chi connectivity index (χ0v) is 58.3. The lowest BCUT2D eigenvalue weighted by Crippen LogP contribution is -1.92. The van der Waals surface area contributed by atoms with Gasteiger partial charge in [-0.25, -0.2) is 0 Å². The molecule has 22 aromatic rings. The van der Waals surface area contributed by atoms with Gasteiger partial charge in [0.25, 0.3) is 0 Å². The van der Waals surface area contributed by atoms with Gasteiger partial charge in [-0.3, -0.25) is 0 Å². The molecule has 0 saturated carbocycles. The van der Waals surface area contributed by atoms with Crippen molar-refractivity contribution >= 4 is 119 Å². The van der Waals surface area contributed by atoms with Gasteiger partial charge in [-0.15, -0.1) is 0 Å². The van der Waals surface area contributed by atoms with Gasteiger partial charge in [-0.1, -0.05) is 382 Å². The van der Waals surface area contributed by atoms with E-state index in [-0.39, 0.29) is 35.3 Å². The summed E-state index contributed by atoms with van der Waals surface area (Å²) < 4.78 is 96.4. The van der Waals surface area contributed by atoms with Crippen LogP contribution in [-0.4, -0.2) is 0 Å². The Balaban J connectivity index is 0.000000116. The van der Waals surface area contributed by atoms with E-state index in [1.807, 2.05) is 78.9 Å². The van der Waals surface area contributed by atoms with Crippen molar-refractivity contribution in [1.82, 2.24) is 0 Å². The fourth-order valence-corrected chi connectivity index (χ4v) is 16.6. The molecule has 108 heavy (non-hydrogen) atoms. The van der Waals surface area contributed by atoms with Crippen LogP contribution in [0.3, 0.4) is 0 Å². The predicted octanol–water partition coefficient (Wildman–Crippen LogP) is 30.3. The van der Waals surface area contributed by atoms with Crippen LogP contribution in [0.1, 0.15) is 13.7 Å². The molecule has 0 bridgehead atoms. The molecule has 2 heterocycles. The van der Waals surface area contributed by atoms with E-state index in [0.29, 0.717) is 27.7 Å². The molecule has 0 aliphatic rings. The van der Waals surface area contributed by atoms with Crippen LogP contribution in [0.4, 0.5) is 0 Å². The molecule has 2 nitrogen and oxygen atoms in total. The standard InChI is InChI=1S/C38H24O.C36H24.C32H20O/c1-3-11-25(12-4-1)27-19-21-35-33(23-27)34-24-28(20-22-36(34)39-35)38-31-17-9-7-15-29(31)37(26-13-5-2-6-14-26)30-16-8-10-18-32(30)38;1-3-13-25(14-4-1)27-23-24-34(29-18-8-7-17-28(27)29)36-32-21-11-9-19-30(32)35(26-15-5-2-6-16-26)31-20-10-12-22-33(31)36;1-2-11-21(12-3-1)30-23-14-4-6-16-25(23)31(26-17-7-5-15-24(26)30)28-19-10-18-27-22-13-8-9-20-29(22)33-32(27)28/h1-24H;1-24H;1-20H/i1D,2D,3D,4D,5D,6D,11D,12D,13D,14D;;. The Labute approximate surface area is 639 Å². The molecule has 0 amide bonds. The third-order valence-corrected chi connectivity index (χ3v) is 21.2. The minimum Gasteiger partial charge on any atom is -0.456 e. The third kappa shape index (κ3) is 11.0. The van der Waals surface area contributed by atoms with Crippen molar-refractivity contribution in [3.63, 3.8) is 0 Å². The van der Waals surface area contributed by atoms with Crippen LogP contribution in [0, 0.1) is 0 Å². The number of para-hydroxylation sites is 2. The summed E-state index contributed by atoms with van der Waals surface area (Å²) in [4.78, 5) is 0. The topological polar surface area (TPSA) is 26.3 Å². The van der Waals surface area contributed by atoms with Crippen LogP contribution in [-0.2, 0) is 0 Å². The maximum Gasteiger partial charge on any atom is 0.143 e. The molecule has 504 valence electrons. The molecular weight excluding hydrogens is 1310 g/mol. The van der Waals surface area contributed by atoms with Crippen LogP contribution < -0.4 is 0 Å². The van der Waals surface area contributed by atoms with E-state index < -0.39 is 36.3 Å². The van der Waals surface area contributed by atoms with Gasteiger partial charge in [0.05, 0.1) is 13.7 Å². The average Bonchev–Trinajstić information content (AvgIpc) is 0.889. The first kappa shape index (κ1) is 53.6. The van der Waals surface area contributed by atoms with E-state index in [4.69, 9.17) is 22.5 Å². The van der Waals surface area contributed by atoms with E-state index in [1.165, 1.54) is 104 Å². The van der Waals surface area contributed by atoms with Crippen LogP contribution in [0.2, 0.25) is 0 Å². The fourth-order valence-electron chi connectivity index (χ4n) is 16.6. The maximum absolute atomic E-state index is 8.79. The number of benzene rings is 20. The highest BCUT2D eigenvalue weighted by Gasteiger charge is 2.24. The Morgan fingerprint density at radius 3 is 0.935 bits per heavy atom. The first-order chi connectivity index (χ1) is 57.8. The summed E-state index contributed by atoms with van der Waals surface area (Å²) in [5.41, 5.74) is 18.6.